The summed E-state index contributed by atoms with van der Waals surface area (Å²) in [5, 5.41) is -0.922. The molecule has 0 bridgehead atoms. The molecular weight excluding hydrogens is 505 g/mol. The molecule has 0 atom stereocenters. The molecule has 38 heavy (non-hydrogen) atoms. The molecule has 2 rings (SSSR count). The van der Waals surface area contributed by atoms with Crippen LogP contribution in [0.5, 0.6) is 0 Å². The number of carbonyl (C=O) groups excluding carboxylic acids is 3. The standard InChI is InChI=1S/C31H41ClFNO4/c1-2-3-4-5-6-7-8-9-10-11-12-13-14-18-23-34(26-21-22-27(29(32)35)28(33)24-26)31(37)38-30(36)25-19-16-15-17-20-25/h15-17,19-22,24H,2-14,18,23H2,1H3. The maximum absolute atomic E-state index is 14.4. The highest BCUT2D eigenvalue weighted by molar-refractivity contribution is 6.67. The van der Waals surface area contributed by atoms with Crippen molar-refractivity contribution in [2.75, 3.05) is 11.4 Å². The fraction of sp³-hybridized carbons (Fsp3) is 0.516. The van der Waals surface area contributed by atoms with Crippen LogP contribution in [0.15, 0.2) is 48.5 Å². The van der Waals surface area contributed by atoms with Gasteiger partial charge in [0.1, 0.15) is 5.82 Å². The van der Waals surface area contributed by atoms with Gasteiger partial charge in [0, 0.05) is 12.2 Å². The van der Waals surface area contributed by atoms with E-state index in [9.17, 15) is 18.8 Å². The van der Waals surface area contributed by atoms with Crippen LogP contribution in [-0.2, 0) is 4.74 Å². The zero-order valence-corrected chi connectivity index (χ0v) is 23.3. The fourth-order valence-corrected chi connectivity index (χ4v) is 4.54. The van der Waals surface area contributed by atoms with Crippen molar-refractivity contribution < 1.29 is 23.5 Å². The molecule has 0 heterocycles. The number of amides is 1. The number of anilines is 1. The molecule has 0 radical (unpaired) electrons. The Morgan fingerprint density at radius 1 is 0.763 bits per heavy atom. The Hall–Kier alpha value is -2.73. The van der Waals surface area contributed by atoms with Crippen LogP contribution < -0.4 is 4.90 Å². The smallest absolute Gasteiger partial charge is 0.372 e. The lowest BCUT2D eigenvalue weighted by Gasteiger charge is -2.22. The topological polar surface area (TPSA) is 63.7 Å². The van der Waals surface area contributed by atoms with E-state index in [0.29, 0.717) is 6.42 Å². The van der Waals surface area contributed by atoms with Crippen LogP contribution in [0.3, 0.4) is 0 Å². The summed E-state index contributed by atoms with van der Waals surface area (Å²) in [4.78, 5) is 37.9. The van der Waals surface area contributed by atoms with Gasteiger partial charge in [-0.1, -0.05) is 109 Å². The summed E-state index contributed by atoms with van der Waals surface area (Å²) in [7, 11) is 0. The van der Waals surface area contributed by atoms with Crippen LogP contribution in [0.1, 0.15) is 118 Å². The SMILES string of the molecule is CCCCCCCCCCCCCCCCN(C(=O)OC(=O)c1ccccc1)c1ccc(C(=O)Cl)c(F)c1. The van der Waals surface area contributed by atoms with E-state index >= 15 is 0 Å². The highest BCUT2D eigenvalue weighted by Gasteiger charge is 2.23. The Bertz CT molecular complexity index is 999. The highest BCUT2D eigenvalue weighted by Crippen LogP contribution is 2.22. The molecule has 0 unspecified atom stereocenters. The number of carbonyl (C=O) groups is 3. The third-order valence-electron chi connectivity index (χ3n) is 6.62. The zero-order chi connectivity index (χ0) is 27.6. The maximum atomic E-state index is 14.4. The third kappa shape index (κ3) is 11.8. The largest absolute Gasteiger partial charge is 0.422 e. The number of halogens is 2. The van der Waals surface area contributed by atoms with E-state index in [1.54, 1.807) is 30.3 Å². The summed E-state index contributed by atoms with van der Waals surface area (Å²) >= 11 is 5.41. The lowest BCUT2D eigenvalue weighted by atomic mass is 10.0. The van der Waals surface area contributed by atoms with E-state index in [-0.39, 0.29) is 23.4 Å². The van der Waals surface area contributed by atoms with E-state index in [1.807, 2.05) is 0 Å². The number of esters is 1. The Kier molecular flexibility index (Phi) is 15.3. The molecule has 0 saturated heterocycles. The number of ether oxygens (including phenoxy) is 1. The minimum absolute atomic E-state index is 0.199. The van der Waals surface area contributed by atoms with Crippen molar-refractivity contribution in [2.24, 2.45) is 0 Å². The molecule has 5 nitrogen and oxygen atoms in total. The van der Waals surface area contributed by atoms with Crippen LogP contribution in [-0.4, -0.2) is 23.8 Å². The van der Waals surface area contributed by atoms with E-state index in [4.69, 9.17) is 16.3 Å². The highest BCUT2D eigenvalue weighted by atomic mass is 35.5. The molecule has 208 valence electrons. The molecule has 0 N–H and O–H groups in total. The van der Waals surface area contributed by atoms with Crippen LogP contribution >= 0.6 is 11.6 Å². The van der Waals surface area contributed by atoms with Crippen molar-refractivity contribution in [1.82, 2.24) is 0 Å². The third-order valence-corrected chi connectivity index (χ3v) is 6.82. The summed E-state index contributed by atoms with van der Waals surface area (Å²) in [5.74, 6) is -1.62. The molecule has 2 aromatic rings. The number of benzene rings is 2. The first-order chi connectivity index (χ1) is 18.4. The van der Waals surface area contributed by atoms with Crippen molar-refractivity contribution in [3.8, 4) is 0 Å². The van der Waals surface area contributed by atoms with Crippen LogP contribution in [0.4, 0.5) is 14.9 Å². The van der Waals surface area contributed by atoms with Crippen molar-refractivity contribution in [1.29, 1.82) is 0 Å². The van der Waals surface area contributed by atoms with Gasteiger partial charge in [0.05, 0.1) is 11.1 Å². The number of hydrogen-bond donors (Lipinski definition) is 0. The molecular formula is C31H41ClFNO4. The van der Waals surface area contributed by atoms with E-state index in [2.05, 4.69) is 6.92 Å². The molecule has 1 amide bonds. The predicted octanol–water partition coefficient (Wildman–Crippen LogP) is 9.47. The fourth-order valence-electron chi connectivity index (χ4n) is 4.39. The lowest BCUT2D eigenvalue weighted by molar-refractivity contribution is 0.0633. The number of hydrogen-bond acceptors (Lipinski definition) is 4. The summed E-state index contributed by atoms with van der Waals surface area (Å²) < 4.78 is 19.5. The maximum Gasteiger partial charge on any atom is 0.422 e. The van der Waals surface area contributed by atoms with Gasteiger partial charge >= 0.3 is 12.1 Å². The van der Waals surface area contributed by atoms with E-state index in [1.165, 1.54) is 81.2 Å². The minimum atomic E-state index is -0.922. The molecule has 0 saturated carbocycles. The first kappa shape index (κ1) is 31.5. The Morgan fingerprint density at radius 3 is 1.79 bits per heavy atom. The molecule has 7 heteroatoms. The van der Waals surface area contributed by atoms with Gasteiger partial charge in [-0.25, -0.2) is 14.0 Å². The monoisotopic (exact) mass is 545 g/mol. The Labute approximate surface area is 231 Å². The second-order valence-electron chi connectivity index (χ2n) is 9.71. The van der Waals surface area contributed by atoms with Gasteiger partial charge in [-0.05, 0) is 48.4 Å². The summed E-state index contributed by atoms with van der Waals surface area (Å²) in [6.45, 7) is 2.50. The Balaban J connectivity index is 1.80. The molecule has 0 aliphatic carbocycles. The lowest BCUT2D eigenvalue weighted by Crippen LogP contribution is -2.34. The zero-order valence-electron chi connectivity index (χ0n) is 22.6. The average molecular weight is 546 g/mol. The minimum Gasteiger partial charge on any atom is -0.372 e. The normalized spacial score (nSPS) is 10.8. The van der Waals surface area contributed by atoms with Crippen LogP contribution in [0.2, 0.25) is 0 Å². The first-order valence-corrected chi connectivity index (χ1v) is 14.4. The molecule has 2 aromatic carbocycles. The van der Waals surface area contributed by atoms with Gasteiger partial charge in [0.15, 0.2) is 0 Å². The number of rotatable bonds is 18. The van der Waals surface area contributed by atoms with Gasteiger partial charge < -0.3 is 4.74 Å². The summed E-state index contributed by atoms with van der Waals surface area (Å²) in [6.07, 6.45) is 16.0. The first-order valence-electron chi connectivity index (χ1n) is 14.0. The summed E-state index contributed by atoms with van der Waals surface area (Å²) in [5.41, 5.74) is 0.164. The van der Waals surface area contributed by atoms with Crippen molar-refractivity contribution in [3.05, 3.63) is 65.5 Å². The van der Waals surface area contributed by atoms with Gasteiger partial charge in [-0.15, -0.1) is 0 Å². The molecule has 0 aromatic heterocycles. The van der Waals surface area contributed by atoms with Crippen LogP contribution in [0.25, 0.3) is 0 Å². The van der Waals surface area contributed by atoms with Gasteiger partial charge in [-0.2, -0.15) is 0 Å². The number of unbranched alkanes of at least 4 members (excludes halogenated alkanes) is 13. The second kappa shape index (κ2) is 18.5. The van der Waals surface area contributed by atoms with Crippen molar-refractivity contribution in [3.63, 3.8) is 0 Å². The molecule has 0 aliphatic heterocycles. The van der Waals surface area contributed by atoms with Gasteiger partial charge in [0.2, 0.25) is 0 Å². The number of nitrogens with zero attached hydrogens (tertiary/aromatic N) is 1. The summed E-state index contributed by atoms with van der Waals surface area (Å²) in [6, 6.07) is 11.9. The van der Waals surface area contributed by atoms with Crippen LogP contribution in [0, 0.1) is 5.82 Å². The molecule has 0 fully saturated rings. The van der Waals surface area contributed by atoms with E-state index < -0.39 is 23.1 Å². The molecule has 0 spiro atoms. The van der Waals surface area contributed by atoms with Gasteiger partial charge in [0.25, 0.3) is 5.24 Å². The predicted molar refractivity (Wildman–Crippen MR) is 151 cm³/mol. The van der Waals surface area contributed by atoms with E-state index in [0.717, 1.165) is 25.3 Å². The Morgan fingerprint density at radius 2 is 1.29 bits per heavy atom. The average Bonchev–Trinajstić information content (AvgIpc) is 2.91. The quantitative estimate of drug-likeness (QED) is 0.0809. The molecule has 0 aliphatic rings. The van der Waals surface area contributed by atoms with Crippen molar-refractivity contribution in [2.45, 2.75) is 96.8 Å². The second-order valence-corrected chi connectivity index (χ2v) is 10.1. The van der Waals surface area contributed by atoms with Gasteiger partial charge in [-0.3, -0.25) is 9.69 Å². The van der Waals surface area contributed by atoms with Crippen molar-refractivity contribution >= 4 is 34.6 Å².